The van der Waals surface area contributed by atoms with Gasteiger partial charge in [0.1, 0.15) is 0 Å². The largest absolute Gasteiger partial charge is 0.444 e. The number of nitrogens with zero attached hydrogens (tertiary/aromatic N) is 3. The van der Waals surface area contributed by atoms with Crippen molar-refractivity contribution in [1.82, 2.24) is 9.97 Å². The van der Waals surface area contributed by atoms with Gasteiger partial charge < -0.3 is 4.42 Å². The average molecular weight is 463 g/mol. The van der Waals surface area contributed by atoms with Crippen LogP contribution in [0, 0.1) is 6.92 Å². The summed E-state index contributed by atoms with van der Waals surface area (Å²) in [6.45, 7) is 2.25. The van der Waals surface area contributed by atoms with Crippen molar-refractivity contribution in [1.29, 1.82) is 0 Å². The minimum absolute atomic E-state index is 0.236. The van der Waals surface area contributed by atoms with E-state index >= 15 is 0 Å². The summed E-state index contributed by atoms with van der Waals surface area (Å²) < 4.78 is 6.94. The van der Waals surface area contributed by atoms with Crippen LogP contribution in [0.15, 0.2) is 57.9 Å². The molecule has 27 heavy (non-hydrogen) atoms. The van der Waals surface area contributed by atoms with Crippen LogP contribution in [0.2, 0.25) is 5.02 Å². The highest BCUT2D eigenvalue weighted by atomic mass is 79.9. The highest BCUT2D eigenvalue weighted by Crippen LogP contribution is 2.35. The fourth-order valence-electron chi connectivity index (χ4n) is 2.67. The highest BCUT2D eigenvalue weighted by Gasteiger charge is 2.25. The number of carbonyl (C=O) groups is 1. The number of hydrogen-bond acceptors (Lipinski definition) is 5. The number of carbonyl (C=O) groups excluding carboxylic acids is 1. The van der Waals surface area contributed by atoms with Crippen molar-refractivity contribution >= 4 is 60.1 Å². The predicted octanol–water partition coefficient (Wildman–Crippen LogP) is 5.86. The summed E-state index contributed by atoms with van der Waals surface area (Å²) >= 11 is 10.9. The SMILES string of the molecule is Cc1c(Cl)ccc2sc(N(Cc3cccnc3)C(=O)c3ccc(Br)o3)nc12. The predicted molar refractivity (Wildman–Crippen MR) is 111 cm³/mol. The zero-order valence-electron chi connectivity index (χ0n) is 14.1. The summed E-state index contributed by atoms with van der Waals surface area (Å²) in [5, 5.41) is 1.23. The van der Waals surface area contributed by atoms with E-state index in [2.05, 4.69) is 25.9 Å². The van der Waals surface area contributed by atoms with E-state index < -0.39 is 0 Å². The maximum Gasteiger partial charge on any atom is 0.296 e. The number of rotatable bonds is 4. The second-order valence-electron chi connectivity index (χ2n) is 5.87. The molecule has 4 aromatic rings. The van der Waals surface area contributed by atoms with Gasteiger partial charge in [0.15, 0.2) is 15.6 Å². The van der Waals surface area contributed by atoms with Gasteiger partial charge in [-0.1, -0.05) is 29.0 Å². The van der Waals surface area contributed by atoms with Crippen LogP contribution in [0.25, 0.3) is 10.2 Å². The third-order valence-electron chi connectivity index (χ3n) is 4.06. The molecule has 0 atom stereocenters. The van der Waals surface area contributed by atoms with Crippen LogP contribution in [-0.4, -0.2) is 15.9 Å². The molecule has 0 saturated carbocycles. The van der Waals surface area contributed by atoms with E-state index in [1.807, 2.05) is 31.2 Å². The van der Waals surface area contributed by atoms with Gasteiger partial charge in [-0.05, 0) is 64.3 Å². The zero-order valence-corrected chi connectivity index (χ0v) is 17.3. The molecule has 0 saturated heterocycles. The topological polar surface area (TPSA) is 59.2 Å². The van der Waals surface area contributed by atoms with Gasteiger partial charge in [-0.15, -0.1) is 0 Å². The van der Waals surface area contributed by atoms with E-state index in [1.54, 1.807) is 29.4 Å². The maximum absolute atomic E-state index is 13.1. The van der Waals surface area contributed by atoms with E-state index in [1.165, 1.54) is 11.3 Å². The number of hydrogen-bond donors (Lipinski definition) is 0. The Bertz CT molecular complexity index is 1130. The molecule has 136 valence electrons. The van der Waals surface area contributed by atoms with Crippen molar-refractivity contribution in [2.24, 2.45) is 0 Å². The Kier molecular flexibility index (Phi) is 4.99. The van der Waals surface area contributed by atoms with Gasteiger partial charge in [-0.25, -0.2) is 4.98 Å². The smallest absolute Gasteiger partial charge is 0.296 e. The molecule has 4 rings (SSSR count). The number of aryl methyl sites for hydroxylation is 1. The van der Waals surface area contributed by atoms with Crippen molar-refractivity contribution in [3.8, 4) is 0 Å². The van der Waals surface area contributed by atoms with E-state index in [4.69, 9.17) is 16.0 Å². The van der Waals surface area contributed by atoms with Crippen LogP contribution in [0.4, 0.5) is 5.13 Å². The van der Waals surface area contributed by atoms with Crippen LogP contribution in [0.1, 0.15) is 21.7 Å². The third-order valence-corrected chi connectivity index (χ3v) is 5.94. The third kappa shape index (κ3) is 3.63. The summed E-state index contributed by atoms with van der Waals surface area (Å²) in [6, 6.07) is 10.8. The van der Waals surface area contributed by atoms with Gasteiger partial charge >= 0.3 is 0 Å². The molecule has 0 aliphatic carbocycles. The second kappa shape index (κ2) is 7.42. The lowest BCUT2D eigenvalue weighted by atomic mass is 10.2. The number of anilines is 1. The quantitative estimate of drug-likeness (QED) is 0.381. The van der Waals surface area contributed by atoms with Crippen molar-refractivity contribution in [3.05, 3.63) is 75.4 Å². The van der Waals surface area contributed by atoms with Gasteiger partial charge in [0.25, 0.3) is 5.91 Å². The van der Waals surface area contributed by atoms with Gasteiger partial charge in [-0.2, -0.15) is 0 Å². The molecular weight excluding hydrogens is 450 g/mol. The normalized spacial score (nSPS) is 11.1. The fraction of sp³-hybridized carbons (Fsp3) is 0.105. The number of aromatic nitrogens is 2. The van der Waals surface area contributed by atoms with Crippen molar-refractivity contribution in [3.63, 3.8) is 0 Å². The molecule has 0 unspecified atom stereocenters. The highest BCUT2D eigenvalue weighted by molar-refractivity contribution is 9.10. The van der Waals surface area contributed by atoms with Crippen molar-refractivity contribution < 1.29 is 9.21 Å². The first-order chi connectivity index (χ1) is 13.0. The lowest BCUT2D eigenvalue weighted by Crippen LogP contribution is -2.30. The summed E-state index contributed by atoms with van der Waals surface area (Å²) in [4.78, 5) is 23.5. The average Bonchev–Trinajstić information content (AvgIpc) is 3.30. The molecule has 1 amide bonds. The Balaban J connectivity index is 1.79. The number of amides is 1. The standard InChI is InChI=1S/C19H13BrClN3O2S/c1-11-13(21)4-6-15-17(11)23-19(27-15)24(10-12-3-2-8-22-9-12)18(25)14-5-7-16(20)26-14/h2-9H,10H2,1H3. The van der Waals surface area contributed by atoms with Crippen LogP contribution in [0.5, 0.6) is 0 Å². The molecule has 0 aliphatic heterocycles. The Morgan fingerprint density at radius 3 is 2.85 bits per heavy atom. The Hall–Kier alpha value is -2.22. The van der Waals surface area contributed by atoms with E-state index in [0.29, 0.717) is 21.4 Å². The number of thiazole rings is 1. The van der Waals surface area contributed by atoms with Gasteiger partial charge in [0, 0.05) is 17.4 Å². The minimum Gasteiger partial charge on any atom is -0.444 e. The van der Waals surface area contributed by atoms with Gasteiger partial charge in [0.2, 0.25) is 0 Å². The van der Waals surface area contributed by atoms with Crippen LogP contribution >= 0.6 is 38.9 Å². The molecule has 0 aliphatic rings. The lowest BCUT2D eigenvalue weighted by Gasteiger charge is -2.18. The molecule has 8 heteroatoms. The first kappa shape index (κ1) is 18.2. The van der Waals surface area contributed by atoms with E-state index in [-0.39, 0.29) is 11.7 Å². The molecule has 0 radical (unpaired) electrons. The number of pyridine rings is 1. The Morgan fingerprint density at radius 1 is 1.30 bits per heavy atom. The van der Waals surface area contributed by atoms with Crippen LogP contribution < -0.4 is 4.90 Å². The maximum atomic E-state index is 13.1. The molecule has 5 nitrogen and oxygen atoms in total. The lowest BCUT2D eigenvalue weighted by molar-refractivity contribution is 0.0957. The Morgan fingerprint density at radius 2 is 2.15 bits per heavy atom. The molecular formula is C19H13BrClN3O2S. The van der Waals surface area contributed by atoms with Crippen LogP contribution in [0.3, 0.4) is 0 Å². The van der Waals surface area contributed by atoms with E-state index in [9.17, 15) is 4.79 Å². The number of halogens is 2. The molecule has 1 aromatic carbocycles. The van der Waals surface area contributed by atoms with Crippen molar-refractivity contribution in [2.45, 2.75) is 13.5 Å². The molecule has 3 aromatic heterocycles. The summed E-state index contributed by atoms with van der Waals surface area (Å²) in [5.74, 6) is -0.0351. The number of fused-ring (bicyclic) bond motifs is 1. The summed E-state index contributed by atoms with van der Waals surface area (Å²) in [6.07, 6.45) is 3.43. The zero-order chi connectivity index (χ0) is 19.0. The number of furan rings is 1. The van der Waals surface area contributed by atoms with Gasteiger partial charge in [0.05, 0.1) is 16.8 Å². The van der Waals surface area contributed by atoms with Crippen molar-refractivity contribution in [2.75, 3.05) is 4.90 Å². The monoisotopic (exact) mass is 461 g/mol. The second-order valence-corrected chi connectivity index (χ2v) is 8.07. The summed E-state index contributed by atoms with van der Waals surface area (Å²) in [5.41, 5.74) is 2.59. The van der Waals surface area contributed by atoms with Crippen LogP contribution in [-0.2, 0) is 6.54 Å². The number of benzene rings is 1. The first-order valence-corrected chi connectivity index (χ1v) is 10.0. The molecule has 0 bridgehead atoms. The molecule has 0 fully saturated rings. The van der Waals surface area contributed by atoms with Gasteiger partial charge in [-0.3, -0.25) is 14.7 Å². The molecule has 3 heterocycles. The Labute approximate surface area is 172 Å². The minimum atomic E-state index is -0.271. The molecule has 0 spiro atoms. The first-order valence-electron chi connectivity index (χ1n) is 8.04. The fourth-order valence-corrected chi connectivity index (χ4v) is 4.15. The van der Waals surface area contributed by atoms with E-state index in [0.717, 1.165) is 21.3 Å². The molecule has 0 N–H and O–H groups in total. The summed E-state index contributed by atoms with van der Waals surface area (Å²) in [7, 11) is 0.